The van der Waals surface area contributed by atoms with E-state index in [-0.39, 0.29) is 16.1 Å². The summed E-state index contributed by atoms with van der Waals surface area (Å²) in [5.74, 6) is 0. The van der Waals surface area contributed by atoms with Gasteiger partial charge in [0.1, 0.15) is 6.07 Å². The second-order valence-electron chi connectivity index (χ2n) is 5.78. The standard InChI is InChI=1S/C18H15Cl3N4O/c19-13-9-14(20)17(15(21)10-13)23-18(26)25-7-5-24(6-8-25)16-4-2-1-3-12(16)11-22/h1-4,9-10H,5-8H2,(H,23,26). The fraction of sp³-hybridized carbons (Fsp3) is 0.222. The Morgan fingerprint density at radius 2 is 1.65 bits per heavy atom. The van der Waals surface area contributed by atoms with Gasteiger partial charge in [0.05, 0.1) is 27.0 Å². The minimum Gasteiger partial charge on any atom is -0.367 e. The summed E-state index contributed by atoms with van der Waals surface area (Å²) in [5.41, 5.74) is 1.86. The van der Waals surface area contributed by atoms with E-state index in [0.717, 1.165) is 5.69 Å². The largest absolute Gasteiger partial charge is 0.367 e. The predicted molar refractivity (Wildman–Crippen MR) is 105 cm³/mol. The fourth-order valence-electron chi connectivity index (χ4n) is 2.84. The zero-order chi connectivity index (χ0) is 18.7. The van der Waals surface area contributed by atoms with Crippen molar-refractivity contribution in [2.75, 3.05) is 36.4 Å². The molecule has 2 amide bonds. The van der Waals surface area contributed by atoms with Crippen LogP contribution in [-0.4, -0.2) is 37.1 Å². The van der Waals surface area contributed by atoms with Gasteiger partial charge in [-0.1, -0.05) is 46.9 Å². The maximum absolute atomic E-state index is 12.5. The Morgan fingerprint density at radius 3 is 2.27 bits per heavy atom. The Labute approximate surface area is 166 Å². The summed E-state index contributed by atoms with van der Waals surface area (Å²) < 4.78 is 0. The average Bonchev–Trinajstić information content (AvgIpc) is 2.64. The summed E-state index contributed by atoms with van der Waals surface area (Å²) in [6, 6.07) is 12.4. The van der Waals surface area contributed by atoms with Crippen LogP contribution in [0, 0.1) is 11.3 Å². The Bertz CT molecular complexity index is 850. The molecule has 0 aromatic heterocycles. The Hall–Kier alpha value is -2.13. The molecule has 0 saturated carbocycles. The highest BCUT2D eigenvalue weighted by atomic mass is 35.5. The second-order valence-corrected chi connectivity index (χ2v) is 7.03. The minimum absolute atomic E-state index is 0.274. The van der Waals surface area contributed by atoms with Gasteiger partial charge < -0.3 is 15.1 Å². The number of carbonyl (C=O) groups is 1. The molecule has 26 heavy (non-hydrogen) atoms. The van der Waals surface area contributed by atoms with Crippen LogP contribution < -0.4 is 10.2 Å². The Morgan fingerprint density at radius 1 is 1.04 bits per heavy atom. The molecular formula is C18H15Cl3N4O. The van der Waals surface area contributed by atoms with Crippen LogP contribution >= 0.6 is 34.8 Å². The number of benzene rings is 2. The molecule has 1 aliphatic heterocycles. The lowest BCUT2D eigenvalue weighted by Crippen LogP contribution is -2.50. The molecule has 2 aromatic carbocycles. The third kappa shape index (κ3) is 3.99. The number of nitrogens with zero attached hydrogens (tertiary/aromatic N) is 3. The van der Waals surface area contributed by atoms with Gasteiger partial charge in [-0.2, -0.15) is 5.26 Å². The molecule has 0 radical (unpaired) electrons. The molecule has 134 valence electrons. The van der Waals surface area contributed by atoms with Crippen LogP contribution in [0.4, 0.5) is 16.2 Å². The molecule has 0 spiro atoms. The minimum atomic E-state index is -0.274. The van der Waals surface area contributed by atoms with E-state index in [2.05, 4.69) is 16.3 Å². The molecule has 0 atom stereocenters. The number of nitrogens with one attached hydrogen (secondary N) is 1. The third-order valence-corrected chi connectivity index (χ3v) is 4.99. The zero-order valence-electron chi connectivity index (χ0n) is 13.7. The van der Waals surface area contributed by atoms with Crippen molar-refractivity contribution in [3.63, 3.8) is 0 Å². The number of hydrogen-bond acceptors (Lipinski definition) is 3. The molecule has 3 rings (SSSR count). The number of para-hydroxylation sites is 1. The summed E-state index contributed by atoms with van der Waals surface area (Å²) in [4.78, 5) is 16.3. The fourth-order valence-corrected chi connectivity index (χ4v) is 3.75. The van der Waals surface area contributed by atoms with Crippen molar-refractivity contribution in [1.29, 1.82) is 5.26 Å². The van der Waals surface area contributed by atoms with Gasteiger partial charge in [0.25, 0.3) is 0 Å². The number of rotatable bonds is 2. The van der Waals surface area contributed by atoms with E-state index >= 15 is 0 Å². The van der Waals surface area contributed by atoms with Crippen LogP contribution in [0.5, 0.6) is 0 Å². The van der Waals surface area contributed by atoms with Crippen molar-refractivity contribution < 1.29 is 4.79 Å². The highest BCUT2D eigenvalue weighted by molar-refractivity contribution is 6.42. The molecule has 0 bridgehead atoms. The van der Waals surface area contributed by atoms with E-state index in [1.165, 1.54) is 12.1 Å². The lowest BCUT2D eigenvalue weighted by molar-refractivity contribution is 0.208. The second kappa shape index (κ2) is 8.05. The smallest absolute Gasteiger partial charge is 0.322 e. The van der Waals surface area contributed by atoms with Crippen LogP contribution in [0.2, 0.25) is 15.1 Å². The number of carbonyl (C=O) groups excluding carboxylic acids is 1. The summed E-state index contributed by atoms with van der Waals surface area (Å²) in [6.45, 7) is 2.31. The van der Waals surface area contributed by atoms with Crippen LogP contribution in [-0.2, 0) is 0 Å². The van der Waals surface area contributed by atoms with Gasteiger partial charge in [-0.3, -0.25) is 0 Å². The molecular weight excluding hydrogens is 395 g/mol. The predicted octanol–water partition coefficient (Wildman–Crippen LogP) is 4.87. The molecule has 2 aromatic rings. The lowest BCUT2D eigenvalue weighted by Gasteiger charge is -2.36. The van der Waals surface area contributed by atoms with Gasteiger partial charge in [0, 0.05) is 31.2 Å². The van der Waals surface area contributed by atoms with E-state index in [9.17, 15) is 10.1 Å². The Kier molecular flexibility index (Phi) is 5.77. The quantitative estimate of drug-likeness (QED) is 0.769. The van der Waals surface area contributed by atoms with Crippen LogP contribution in [0.15, 0.2) is 36.4 Å². The SMILES string of the molecule is N#Cc1ccccc1N1CCN(C(=O)Nc2c(Cl)cc(Cl)cc2Cl)CC1. The lowest BCUT2D eigenvalue weighted by atomic mass is 10.1. The number of halogens is 3. The maximum Gasteiger partial charge on any atom is 0.322 e. The molecule has 1 fully saturated rings. The van der Waals surface area contributed by atoms with E-state index in [4.69, 9.17) is 34.8 Å². The number of hydrogen-bond donors (Lipinski definition) is 1. The first kappa shape index (κ1) is 18.7. The van der Waals surface area contributed by atoms with Gasteiger partial charge in [0.15, 0.2) is 0 Å². The van der Waals surface area contributed by atoms with Crippen molar-refractivity contribution in [3.05, 3.63) is 57.0 Å². The molecule has 1 heterocycles. The van der Waals surface area contributed by atoms with Crippen LogP contribution in [0.1, 0.15) is 5.56 Å². The molecule has 5 nitrogen and oxygen atoms in total. The van der Waals surface area contributed by atoms with Crippen molar-refractivity contribution in [2.45, 2.75) is 0 Å². The first-order chi connectivity index (χ1) is 12.5. The molecule has 0 unspecified atom stereocenters. The van der Waals surface area contributed by atoms with E-state index < -0.39 is 0 Å². The van der Waals surface area contributed by atoms with Crippen molar-refractivity contribution >= 4 is 52.2 Å². The number of nitriles is 1. The summed E-state index contributed by atoms with van der Waals surface area (Å²) in [5, 5.41) is 13.0. The van der Waals surface area contributed by atoms with E-state index in [0.29, 0.717) is 42.5 Å². The first-order valence-electron chi connectivity index (χ1n) is 7.94. The number of amides is 2. The highest BCUT2D eigenvalue weighted by Crippen LogP contribution is 2.34. The summed E-state index contributed by atoms with van der Waals surface area (Å²) in [6.07, 6.45) is 0. The molecule has 1 aliphatic rings. The molecule has 0 aliphatic carbocycles. The summed E-state index contributed by atoms with van der Waals surface area (Å²) in [7, 11) is 0. The zero-order valence-corrected chi connectivity index (χ0v) is 15.9. The third-order valence-electron chi connectivity index (χ3n) is 4.17. The first-order valence-corrected chi connectivity index (χ1v) is 9.07. The van der Waals surface area contributed by atoms with Crippen LogP contribution in [0.25, 0.3) is 0 Å². The van der Waals surface area contributed by atoms with Crippen molar-refractivity contribution in [2.24, 2.45) is 0 Å². The monoisotopic (exact) mass is 408 g/mol. The normalized spacial score (nSPS) is 14.1. The highest BCUT2D eigenvalue weighted by Gasteiger charge is 2.23. The molecule has 8 heteroatoms. The average molecular weight is 410 g/mol. The molecule has 1 N–H and O–H groups in total. The van der Waals surface area contributed by atoms with Gasteiger partial charge >= 0.3 is 6.03 Å². The van der Waals surface area contributed by atoms with Crippen molar-refractivity contribution in [1.82, 2.24) is 4.90 Å². The topological polar surface area (TPSA) is 59.4 Å². The van der Waals surface area contributed by atoms with E-state index in [1.807, 2.05) is 18.2 Å². The number of urea groups is 1. The van der Waals surface area contributed by atoms with Crippen LogP contribution in [0.3, 0.4) is 0 Å². The number of anilines is 2. The van der Waals surface area contributed by atoms with E-state index in [1.54, 1.807) is 11.0 Å². The van der Waals surface area contributed by atoms with Gasteiger partial charge in [-0.25, -0.2) is 4.79 Å². The van der Waals surface area contributed by atoms with Gasteiger partial charge in [-0.05, 0) is 24.3 Å². The molecule has 1 saturated heterocycles. The summed E-state index contributed by atoms with van der Waals surface area (Å²) >= 11 is 18.1. The maximum atomic E-state index is 12.5. The number of piperazine rings is 1. The Balaban J connectivity index is 1.65. The van der Waals surface area contributed by atoms with Crippen molar-refractivity contribution in [3.8, 4) is 6.07 Å². The van der Waals surface area contributed by atoms with Gasteiger partial charge in [0.2, 0.25) is 0 Å². The van der Waals surface area contributed by atoms with Gasteiger partial charge in [-0.15, -0.1) is 0 Å².